The molecule has 0 aliphatic rings. The van der Waals surface area contributed by atoms with Gasteiger partial charge in [0, 0.05) is 7.11 Å². The minimum Gasteiger partial charge on any atom is -0.481 e. The highest BCUT2D eigenvalue weighted by atomic mass is 16.5. The predicted molar refractivity (Wildman–Crippen MR) is 58.1 cm³/mol. The van der Waals surface area contributed by atoms with E-state index in [-0.39, 0.29) is 0 Å². The van der Waals surface area contributed by atoms with E-state index < -0.39 is 11.9 Å². The van der Waals surface area contributed by atoms with Crippen molar-refractivity contribution in [3.8, 4) is 0 Å². The smallest absolute Gasteiger partial charge is 0.310 e. The van der Waals surface area contributed by atoms with Crippen LogP contribution in [0.5, 0.6) is 0 Å². The van der Waals surface area contributed by atoms with Gasteiger partial charge in [-0.1, -0.05) is 24.3 Å². The van der Waals surface area contributed by atoms with Crippen molar-refractivity contribution in [2.45, 2.75) is 19.3 Å². The molecule has 1 aromatic rings. The van der Waals surface area contributed by atoms with Crippen LogP contribution in [0.25, 0.3) is 0 Å². The number of hydrogen-bond donors (Lipinski definition) is 1. The minimum atomic E-state index is -0.793. The number of carbonyl (C=O) groups is 1. The van der Waals surface area contributed by atoms with Crippen LogP contribution in [0.15, 0.2) is 24.3 Å². The lowest BCUT2D eigenvalue weighted by molar-refractivity contribution is -0.138. The molecule has 0 aliphatic carbocycles. The zero-order valence-corrected chi connectivity index (χ0v) is 9.06. The Morgan fingerprint density at radius 1 is 1.53 bits per heavy atom. The van der Waals surface area contributed by atoms with Crippen molar-refractivity contribution in [2.24, 2.45) is 0 Å². The van der Waals surface area contributed by atoms with E-state index in [0.717, 1.165) is 17.5 Å². The van der Waals surface area contributed by atoms with Gasteiger partial charge < -0.3 is 9.84 Å². The molecule has 1 aromatic carbocycles. The van der Waals surface area contributed by atoms with Crippen molar-refractivity contribution in [3.05, 3.63) is 35.4 Å². The Hall–Kier alpha value is -1.35. The lowest BCUT2D eigenvalue weighted by Crippen LogP contribution is -2.07. The van der Waals surface area contributed by atoms with Crippen LogP contribution in [0.2, 0.25) is 0 Å². The van der Waals surface area contributed by atoms with Gasteiger partial charge >= 0.3 is 5.97 Å². The van der Waals surface area contributed by atoms with Crippen LogP contribution in [0, 0.1) is 0 Å². The molecule has 3 nitrogen and oxygen atoms in total. The fraction of sp³-hybridized carbons (Fsp3) is 0.417. The fourth-order valence-electron chi connectivity index (χ4n) is 1.38. The predicted octanol–water partition coefficient (Wildman–Crippen LogP) is 2.06. The van der Waals surface area contributed by atoms with Gasteiger partial charge in [0.15, 0.2) is 0 Å². The highest BCUT2D eigenvalue weighted by Gasteiger charge is 2.13. The number of methoxy groups -OCH3 is 1. The lowest BCUT2D eigenvalue weighted by Gasteiger charge is -2.08. The molecule has 82 valence electrons. The van der Waals surface area contributed by atoms with E-state index in [2.05, 4.69) is 0 Å². The largest absolute Gasteiger partial charge is 0.481 e. The molecule has 1 N–H and O–H groups in total. The molecular weight excluding hydrogens is 192 g/mol. The molecule has 3 heteroatoms. The maximum Gasteiger partial charge on any atom is 0.310 e. The van der Waals surface area contributed by atoms with E-state index in [1.54, 1.807) is 14.0 Å². The molecule has 0 fully saturated rings. The van der Waals surface area contributed by atoms with Crippen molar-refractivity contribution in [3.63, 3.8) is 0 Å². The first-order valence-corrected chi connectivity index (χ1v) is 4.95. The van der Waals surface area contributed by atoms with Gasteiger partial charge in [-0.05, 0) is 24.5 Å². The van der Waals surface area contributed by atoms with Crippen molar-refractivity contribution >= 4 is 5.97 Å². The van der Waals surface area contributed by atoms with Gasteiger partial charge in [0.25, 0.3) is 0 Å². The second kappa shape index (κ2) is 5.51. The zero-order valence-electron chi connectivity index (χ0n) is 9.06. The molecule has 0 heterocycles. The summed E-state index contributed by atoms with van der Waals surface area (Å²) in [5.41, 5.74) is 1.96. The Morgan fingerprint density at radius 3 is 2.87 bits per heavy atom. The standard InChI is InChI=1S/C12H16O3/c1-9(12(13)14)11-5-3-4-10(8-11)6-7-15-2/h3-5,8-9H,6-7H2,1-2H3,(H,13,14). The van der Waals surface area contributed by atoms with Crippen molar-refractivity contribution < 1.29 is 14.6 Å². The van der Waals surface area contributed by atoms with Gasteiger partial charge in [-0.15, -0.1) is 0 Å². The Balaban J connectivity index is 2.77. The van der Waals surface area contributed by atoms with Crippen LogP contribution < -0.4 is 0 Å². The van der Waals surface area contributed by atoms with E-state index in [9.17, 15) is 4.79 Å². The summed E-state index contributed by atoms with van der Waals surface area (Å²) < 4.78 is 4.98. The summed E-state index contributed by atoms with van der Waals surface area (Å²) in [6.07, 6.45) is 0.816. The third-order valence-electron chi connectivity index (χ3n) is 2.42. The summed E-state index contributed by atoms with van der Waals surface area (Å²) in [5, 5.41) is 8.88. The van der Waals surface area contributed by atoms with Gasteiger partial charge in [0.2, 0.25) is 0 Å². The minimum absolute atomic E-state index is 0.451. The molecule has 15 heavy (non-hydrogen) atoms. The second-order valence-corrected chi connectivity index (χ2v) is 3.55. The average Bonchev–Trinajstić information content (AvgIpc) is 2.25. The first-order chi connectivity index (χ1) is 7.15. The molecule has 0 saturated heterocycles. The Kier molecular flexibility index (Phi) is 4.31. The summed E-state index contributed by atoms with van der Waals surface area (Å²) in [4.78, 5) is 10.8. The topological polar surface area (TPSA) is 46.5 Å². The fourth-order valence-corrected chi connectivity index (χ4v) is 1.38. The summed E-state index contributed by atoms with van der Waals surface area (Å²) >= 11 is 0. The number of benzene rings is 1. The number of aliphatic carboxylic acids is 1. The van der Waals surface area contributed by atoms with Gasteiger partial charge in [0.05, 0.1) is 12.5 Å². The molecule has 0 saturated carbocycles. The normalized spacial score (nSPS) is 12.4. The first-order valence-electron chi connectivity index (χ1n) is 4.95. The maximum absolute atomic E-state index is 10.8. The molecule has 0 spiro atoms. The zero-order chi connectivity index (χ0) is 11.3. The van der Waals surface area contributed by atoms with Gasteiger partial charge in [-0.25, -0.2) is 0 Å². The van der Waals surface area contributed by atoms with Crippen LogP contribution in [0.1, 0.15) is 24.0 Å². The molecule has 0 amide bonds. The van der Waals surface area contributed by atoms with Gasteiger partial charge in [-0.3, -0.25) is 4.79 Å². The molecule has 1 rings (SSSR count). The van der Waals surface area contributed by atoms with Gasteiger partial charge in [-0.2, -0.15) is 0 Å². The van der Waals surface area contributed by atoms with Crippen LogP contribution in [0.4, 0.5) is 0 Å². The Morgan fingerprint density at radius 2 is 2.27 bits per heavy atom. The Bertz CT molecular complexity index is 333. The summed E-state index contributed by atoms with van der Waals surface area (Å²) in [5.74, 6) is -1.24. The number of hydrogen-bond acceptors (Lipinski definition) is 2. The van der Waals surface area contributed by atoms with E-state index in [1.807, 2.05) is 24.3 Å². The summed E-state index contributed by atoms with van der Waals surface area (Å²) in [7, 11) is 1.66. The number of carboxylic acid groups (broad SMARTS) is 1. The highest BCUT2D eigenvalue weighted by molar-refractivity contribution is 5.75. The van der Waals surface area contributed by atoms with E-state index in [1.165, 1.54) is 0 Å². The van der Waals surface area contributed by atoms with Crippen LogP contribution in [0.3, 0.4) is 0 Å². The molecule has 1 atom stereocenters. The van der Waals surface area contributed by atoms with Crippen LogP contribution in [-0.4, -0.2) is 24.8 Å². The molecule has 0 aromatic heterocycles. The van der Waals surface area contributed by atoms with Crippen molar-refractivity contribution in [1.82, 2.24) is 0 Å². The summed E-state index contributed by atoms with van der Waals surface area (Å²) in [6.45, 7) is 2.35. The lowest BCUT2D eigenvalue weighted by atomic mass is 9.98. The number of rotatable bonds is 5. The van der Waals surface area contributed by atoms with Crippen LogP contribution >= 0.6 is 0 Å². The Labute approximate surface area is 89.7 Å². The van der Waals surface area contributed by atoms with E-state index in [0.29, 0.717) is 6.61 Å². The van der Waals surface area contributed by atoms with E-state index >= 15 is 0 Å². The third kappa shape index (κ3) is 3.36. The molecule has 1 unspecified atom stereocenters. The van der Waals surface area contributed by atoms with Crippen molar-refractivity contribution in [1.29, 1.82) is 0 Å². The van der Waals surface area contributed by atoms with Crippen LogP contribution in [-0.2, 0) is 16.0 Å². The summed E-state index contributed by atoms with van der Waals surface area (Å²) in [6, 6.07) is 7.64. The molecular formula is C12H16O3. The van der Waals surface area contributed by atoms with Crippen molar-refractivity contribution in [2.75, 3.05) is 13.7 Å². The van der Waals surface area contributed by atoms with Gasteiger partial charge in [0.1, 0.15) is 0 Å². The highest BCUT2D eigenvalue weighted by Crippen LogP contribution is 2.17. The molecule has 0 radical (unpaired) electrons. The average molecular weight is 208 g/mol. The monoisotopic (exact) mass is 208 g/mol. The number of ether oxygens (including phenoxy) is 1. The first kappa shape index (κ1) is 11.7. The third-order valence-corrected chi connectivity index (χ3v) is 2.42. The van der Waals surface area contributed by atoms with E-state index in [4.69, 9.17) is 9.84 Å². The quantitative estimate of drug-likeness (QED) is 0.805. The number of carboxylic acids is 1. The molecule has 0 aliphatic heterocycles. The molecule has 0 bridgehead atoms. The second-order valence-electron chi connectivity index (χ2n) is 3.55. The SMILES string of the molecule is COCCc1cccc(C(C)C(=O)O)c1. The maximum atomic E-state index is 10.8.